The van der Waals surface area contributed by atoms with E-state index in [0.717, 1.165) is 21.4 Å². The van der Waals surface area contributed by atoms with E-state index < -0.39 is 0 Å². The molecule has 2 aromatic rings. The Balaban J connectivity index is 2.42. The van der Waals surface area contributed by atoms with Gasteiger partial charge in [-0.1, -0.05) is 21.1 Å². The van der Waals surface area contributed by atoms with Gasteiger partial charge in [0.15, 0.2) is 0 Å². The van der Waals surface area contributed by atoms with Crippen molar-refractivity contribution in [3.05, 3.63) is 40.1 Å². The van der Waals surface area contributed by atoms with Gasteiger partial charge in [-0.3, -0.25) is 0 Å². The fraction of sp³-hybridized carbons (Fsp3) is 0.273. The van der Waals surface area contributed by atoms with E-state index in [0.29, 0.717) is 0 Å². The van der Waals surface area contributed by atoms with Gasteiger partial charge < -0.3 is 0 Å². The predicted molar refractivity (Wildman–Crippen MR) is 68.1 cm³/mol. The van der Waals surface area contributed by atoms with E-state index >= 15 is 0 Å². The van der Waals surface area contributed by atoms with Gasteiger partial charge in [0.1, 0.15) is 5.69 Å². The predicted octanol–water partition coefficient (Wildman–Crippen LogP) is 3.64. The maximum absolute atomic E-state index is 5.95. The van der Waals surface area contributed by atoms with Crippen LogP contribution in [0.2, 0.25) is 0 Å². The second-order valence-corrected chi connectivity index (χ2v) is 5.21. The van der Waals surface area contributed by atoms with Crippen LogP contribution in [-0.4, -0.2) is 15.0 Å². The van der Waals surface area contributed by atoms with Gasteiger partial charge in [0.25, 0.3) is 0 Å². The minimum Gasteiger partial charge on any atom is -0.220 e. The van der Waals surface area contributed by atoms with Gasteiger partial charge in [0.2, 0.25) is 0 Å². The molecule has 16 heavy (non-hydrogen) atoms. The number of nitrogens with zero attached hydrogens (tertiary/aromatic N) is 3. The number of alkyl halides is 1. The van der Waals surface area contributed by atoms with Crippen LogP contribution < -0.4 is 0 Å². The van der Waals surface area contributed by atoms with E-state index in [-0.39, 0.29) is 5.38 Å². The Morgan fingerprint density at radius 3 is 2.75 bits per heavy atom. The summed E-state index contributed by atoms with van der Waals surface area (Å²) in [6.07, 6.45) is 1.86. The Morgan fingerprint density at radius 2 is 2.19 bits per heavy atom. The minimum absolute atomic E-state index is 0.121. The second-order valence-electron chi connectivity index (χ2n) is 3.63. The normalized spacial score (nSPS) is 12.8. The lowest BCUT2D eigenvalue weighted by Crippen LogP contribution is -1.97. The van der Waals surface area contributed by atoms with Gasteiger partial charge in [-0.05, 0) is 37.6 Å². The summed E-state index contributed by atoms with van der Waals surface area (Å²) in [5, 5.41) is 7.97. The van der Waals surface area contributed by atoms with E-state index in [4.69, 9.17) is 11.6 Å². The Kier molecular flexibility index (Phi) is 3.30. The highest BCUT2D eigenvalue weighted by molar-refractivity contribution is 9.10. The molecule has 0 N–H and O–H groups in total. The Bertz CT molecular complexity index is 508. The summed E-state index contributed by atoms with van der Waals surface area (Å²) in [6.45, 7) is 3.91. The molecular weight excluding hydrogens is 289 g/mol. The number of aryl methyl sites for hydroxylation is 1. The monoisotopic (exact) mass is 299 g/mol. The van der Waals surface area contributed by atoms with Crippen LogP contribution in [0.5, 0.6) is 0 Å². The van der Waals surface area contributed by atoms with Crippen LogP contribution in [0.15, 0.2) is 28.9 Å². The maximum atomic E-state index is 5.95. The van der Waals surface area contributed by atoms with E-state index in [1.807, 2.05) is 38.2 Å². The summed E-state index contributed by atoms with van der Waals surface area (Å²) in [6, 6.07) is 6.02. The van der Waals surface area contributed by atoms with Crippen LogP contribution in [0.4, 0.5) is 0 Å². The van der Waals surface area contributed by atoms with Crippen LogP contribution in [0, 0.1) is 6.92 Å². The number of hydrogen-bond acceptors (Lipinski definition) is 2. The molecule has 0 radical (unpaired) electrons. The van der Waals surface area contributed by atoms with Crippen molar-refractivity contribution in [2.24, 2.45) is 0 Å². The molecular formula is C11H11BrClN3. The molecule has 3 nitrogen and oxygen atoms in total. The number of aromatic nitrogens is 3. The van der Waals surface area contributed by atoms with Crippen LogP contribution >= 0.6 is 27.5 Å². The first-order valence-electron chi connectivity index (χ1n) is 4.91. The number of rotatable bonds is 2. The lowest BCUT2D eigenvalue weighted by Gasteiger charge is -2.04. The molecule has 5 heteroatoms. The summed E-state index contributed by atoms with van der Waals surface area (Å²) < 4.78 is 2.80. The molecule has 0 aliphatic heterocycles. The van der Waals surface area contributed by atoms with E-state index in [2.05, 4.69) is 26.2 Å². The standard InChI is InChI=1S/C11H11BrClN3/c1-7-5-9(12)3-4-11(7)16-6-10(8(2)13)14-15-16/h3-6,8H,1-2H3. The first-order chi connectivity index (χ1) is 7.58. The summed E-state index contributed by atoms with van der Waals surface area (Å²) in [7, 11) is 0. The van der Waals surface area contributed by atoms with Crippen LogP contribution in [-0.2, 0) is 0 Å². The molecule has 1 aromatic carbocycles. The van der Waals surface area contributed by atoms with Gasteiger partial charge >= 0.3 is 0 Å². The van der Waals surface area contributed by atoms with Gasteiger partial charge in [-0.2, -0.15) is 0 Å². The van der Waals surface area contributed by atoms with Crippen molar-refractivity contribution < 1.29 is 0 Å². The fourth-order valence-electron chi connectivity index (χ4n) is 1.45. The molecule has 0 bridgehead atoms. The molecule has 0 amide bonds. The summed E-state index contributed by atoms with van der Waals surface area (Å²) in [4.78, 5) is 0. The van der Waals surface area contributed by atoms with Gasteiger partial charge in [0.05, 0.1) is 17.3 Å². The maximum Gasteiger partial charge on any atom is 0.101 e. The zero-order valence-electron chi connectivity index (χ0n) is 8.98. The van der Waals surface area contributed by atoms with Crippen LogP contribution in [0.3, 0.4) is 0 Å². The molecule has 1 atom stereocenters. The highest BCUT2D eigenvalue weighted by Gasteiger charge is 2.09. The molecule has 0 aliphatic carbocycles. The van der Waals surface area contributed by atoms with E-state index in [9.17, 15) is 0 Å². The summed E-state index contributed by atoms with van der Waals surface area (Å²) in [5.41, 5.74) is 2.93. The fourth-order valence-corrected chi connectivity index (χ4v) is 2.03. The third-order valence-electron chi connectivity index (χ3n) is 2.32. The summed E-state index contributed by atoms with van der Waals surface area (Å²) in [5.74, 6) is 0. The van der Waals surface area contributed by atoms with Crippen molar-refractivity contribution in [1.29, 1.82) is 0 Å². The van der Waals surface area contributed by atoms with Crippen LogP contribution in [0.25, 0.3) is 5.69 Å². The zero-order valence-corrected chi connectivity index (χ0v) is 11.3. The Hall–Kier alpha value is -0.870. The highest BCUT2D eigenvalue weighted by Crippen LogP contribution is 2.21. The van der Waals surface area contributed by atoms with Crippen molar-refractivity contribution >= 4 is 27.5 Å². The SMILES string of the molecule is Cc1cc(Br)ccc1-n1cc(C(C)Cl)nn1. The van der Waals surface area contributed by atoms with E-state index in [1.54, 1.807) is 4.68 Å². The van der Waals surface area contributed by atoms with Crippen molar-refractivity contribution in [1.82, 2.24) is 15.0 Å². The third kappa shape index (κ3) is 2.28. The van der Waals surface area contributed by atoms with Crippen molar-refractivity contribution in [2.45, 2.75) is 19.2 Å². The lowest BCUT2D eigenvalue weighted by molar-refractivity contribution is 0.792. The van der Waals surface area contributed by atoms with E-state index in [1.165, 1.54) is 0 Å². The molecule has 84 valence electrons. The van der Waals surface area contributed by atoms with Crippen molar-refractivity contribution in [3.8, 4) is 5.69 Å². The molecule has 0 spiro atoms. The molecule has 0 saturated heterocycles. The lowest BCUT2D eigenvalue weighted by atomic mass is 10.2. The molecule has 1 aromatic heterocycles. The van der Waals surface area contributed by atoms with Crippen LogP contribution in [0.1, 0.15) is 23.6 Å². The van der Waals surface area contributed by atoms with Gasteiger partial charge in [-0.15, -0.1) is 16.7 Å². The number of hydrogen-bond donors (Lipinski definition) is 0. The first-order valence-corrected chi connectivity index (χ1v) is 6.13. The minimum atomic E-state index is -0.121. The smallest absolute Gasteiger partial charge is 0.101 e. The first kappa shape index (κ1) is 11.6. The molecule has 1 unspecified atom stereocenters. The average molecular weight is 301 g/mol. The van der Waals surface area contributed by atoms with Gasteiger partial charge in [0, 0.05) is 4.47 Å². The van der Waals surface area contributed by atoms with Gasteiger partial charge in [-0.25, -0.2) is 4.68 Å². The Morgan fingerprint density at radius 1 is 1.44 bits per heavy atom. The van der Waals surface area contributed by atoms with Crippen molar-refractivity contribution in [3.63, 3.8) is 0 Å². The number of benzene rings is 1. The largest absolute Gasteiger partial charge is 0.220 e. The zero-order chi connectivity index (χ0) is 11.7. The number of halogens is 2. The molecule has 1 heterocycles. The molecule has 2 rings (SSSR count). The third-order valence-corrected chi connectivity index (χ3v) is 3.04. The van der Waals surface area contributed by atoms with Crippen molar-refractivity contribution in [2.75, 3.05) is 0 Å². The topological polar surface area (TPSA) is 30.7 Å². The molecule has 0 fully saturated rings. The molecule has 0 saturated carbocycles. The average Bonchev–Trinajstić information content (AvgIpc) is 2.66. The second kappa shape index (κ2) is 4.55. The summed E-state index contributed by atoms with van der Waals surface area (Å²) >= 11 is 9.38. The Labute approximate surface area is 108 Å². The highest BCUT2D eigenvalue weighted by atomic mass is 79.9. The molecule has 0 aliphatic rings. The quantitative estimate of drug-likeness (QED) is 0.793.